The lowest BCUT2D eigenvalue weighted by Gasteiger charge is -2.35. The summed E-state index contributed by atoms with van der Waals surface area (Å²) in [5, 5.41) is 4.76. The van der Waals surface area contributed by atoms with Crippen LogP contribution in [-0.2, 0) is 6.18 Å². The van der Waals surface area contributed by atoms with Crippen molar-refractivity contribution in [3.63, 3.8) is 0 Å². The standard InChI is InChI=1S/C21H19ClF3N5O2/c1-32-17-13-30(15-5-2-4-14(12-15)21(23,24)25)27-18(17)20(31)29-10-8-28(9-11-29)19-16(22)6-3-7-26-19/h2-7,12-13H,8-11H2,1H3. The summed E-state index contributed by atoms with van der Waals surface area (Å²) in [6, 6.07) is 8.21. The lowest BCUT2D eigenvalue weighted by molar-refractivity contribution is -0.137. The Hall–Kier alpha value is -3.27. The minimum atomic E-state index is -4.48. The molecule has 2 aromatic heterocycles. The minimum absolute atomic E-state index is 0.0363. The van der Waals surface area contributed by atoms with Crippen molar-refractivity contribution in [3.8, 4) is 11.4 Å². The number of nitrogens with zero attached hydrogens (tertiary/aromatic N) is 5. The van der Waals surface area contributed by atoms with E-state index in [9.17, 15) is 18.0 Å². The molecule has 0 N–H and O–H groups in total. The number of aromatic nitrogens is 3. The van der Waals surface area contributed by atoms with Crippen LogP contribution in [0.5, 0.6) is 5.75 Å². The van der Waals surface area contributed by atoms with Crippen LogP contribution in [-0.4, -0.2) is 58.9 Å². The Morgan fingerprint density at radius 2 is 1.88 bits per heavy atom. The van der Waals surface area contributed by atoms with E-state index < -0.39 is 11.7 Å². The van der Waals surface area contributed by atoms with Gasteiger partial charge in [0.2, 0.25) is 0 Å². The number of carbonyl (C=O) groups excluding carboxylic acids is 1. The summed E-state index contributed by atoms with van der Waals surface area (Å²) < 4.78 is 45.6. The summed E-state index contributed by atoms with van der Waals surface area (Å²) in [5.74, 6) is 0.481. The molecule has 32 heavy (non-hydrogen) atoms. The summed E-state index contributed by atoms with van der Waals surface area (Å²) in [6.07, 6.45) is -1.43. The van der Waals surface area contributed by atoms with Crippen molar-refractivity contribution in [1.29, 1.82) is 0 Å². The number of benzene rings is 1. The van der Waals surface area contributed by atoms with Gasteiger partial charge in [-0.25, -0.2) is 9.67 Å². The molecule has 0 bridgehead atoms. The smallest absolute Gasteiger partial charge is 0.416 e. The van der Waals surface area contributed by atoms with E-state index in [-0.39, 0.29) is 23.0 Å². The van der Waals surface area contributed by atoms with E-state index >= 15 is 0 Å². The van der Waals surface area contributed by atoms with Gasteiger partial charge in [-0.2, -0.15) is 18.3 Å². The van der Waals surface area contributed by atoms with Crippen LogP contribution in [0, 0.1) is 0 Å². The SMILES string of the molecule is COc1cn(-c2cccc(C(F)(F)F)c2)nc1C(=O)N1CCN(c2ncccc2Cl)CC1. The van der Waals surface area contributed by atoms with Crippen LogP contribution in [0.1, 0.15) is 16.1 Å². The third-order valence-corrected chi connectivity index (χ3v) is 5.44. The number of amides is 1. The molecule has 1 fully saturated rings. The molecule has 0 spiro atoms. The molecule has 0 unspecified atom stereocenters. The second-order valence-electron chi connectivity index (χ2n) is 7.13. The van der Waals surface area contributed by atoms with Gasteiger partial charge in [0.1, 0.15) is 5.82 Å². The van der Waals surface area contributed by atoms with Crippen molar-refractivity contribution in [2.45, 2.75) is 6.18 Å². The molecule has 0 aliphatic carbocycles. The van der Waals surface area contributed by atoms with Gasteiger partial charge in [-0.05, 0) is 30.3 Å². The molecule has 3 heterocycles. The predicted molar refractivity (Wildman–Crippen MR) is 112 cm³/mol. The van der Waals surface area contributed by atoms with Gasteiger partial charge in [-0.1, -0.05) is 17.7 Å². The van der Waals surface area contributed by atoms with Gasteiger partial charge < -0.3 is 14.5 Å². The summed E-state index contributed by atoms with van der Waals surface area (Å²) >= 11 is 6.21. The van der Waals surface area contributed by atoms with E-state index in [4.69, 9.17) is 16.3 Å². The highest BCUT2D eigenvalue weighted by atomic mass is 35.5. The summed E-state index contributed by atoms with van der Waals surface area (Å²) in [7, 11) is 1.38. The fraction of sp³-hybridized carbons (Fsp3) is 0.286. The zero-order valence-corrected chi connectivity index (χ0v) is 17.8. The Kier molecular flexibility index (Phi) is 5.96. The van der Waals surface area contributed by atoms with E-state index in [1.54, 1.807) is 23.2 Å². The molecule has 168 valence electrons. The number of piperazine rings is 1. The molecule has 3 aromatic rings. The van der Waals surface area contributed by atoms with Gasteiger partial charge in [0.15, 0.2) is 11.4 Å². The minimum Gasteiger partial charge on any atom is -0.493 e. The Morgan fingerprint density at radius 1 is 1.12 bits per heavy atom. The molecule has 1 amide bonds. The summed E-state index contributed by atoms with van der Waals surface area (Å²) in [4.78, 5) is 21.0. The molecule has 0 saturated carbocycles. The Bertz CT molecular complexity index is 1130. The number of carbonyl (C=O) groups is 1. The van der Waals surface area contributed by atoms with Crippen molar-refractivity contribution in [2.75, 3.05) is 38.2 Å². The zero-order valence-electron chi connectivity index (χ0n) is 17.0. The monoisotopic (exact) mass is 465 g/mol. The maximum absolute atomic E-state index is 13.1. The lowest BCUT2D eigenvalue weighted by Crippen LogP contribution is -2.49. The zero-order chi connectivity index (χ0) is 22.9. The number of methoxy groups -OCH3 is 1. The van der Waals surface area contributed by atoms with Crippen LogP contribution < -0.4 is 9.64 Å². The third kappa shape index (κ3) is 4.36. The predicted octanol–water partition coefficient (Wildman–Crippen LogP) is 3.91. The number of pyridine rings is 1. The van der Waals surface area contributed by atoms with E-state index in [0.29, 0.717) is 37.0 Å². The highest BCUT2D eigenvalue weighted by molar-refractivity contribution is 6.32. The first-order valence-corrected chi connectivity index (χ1v) is 10.1. The van der Waals surface area contributed by atoms with Crippen molar-refractivity contribution in [1.82, 2.24) is 19.7 Å². The van der Waals surface area contributed by atoms with Crippen LogP contribution in [0.15, 0.2) is 48.8 Å². The number of alkyl halides is 3. The Balaban J connectivity index is 1.53. The van der Waals surface area contributed by atoms with Crippen LogP contribution in [0.3, 0.4) is 0 Å². The fourth-order valence-electron chi connectivity index (χ4n) is 3.49. The molecule has 0 radical (unpaired) electrons. The van der Waals surface area contributed by atoms with Crippen molar-refractivity contribution < 1.29 is 22.7 Å². The number of hydrogen-bond acceptors (Lipinski definition) is 5. The lowest BCUT2D eigenvalue weighted by atomic mass is 10.2. The van der Waals surface area contributed by atoms with E-state index in [0.717, 1.165) is 12.1 Å². The van der Waals surface area contributed by atoms with Crippen LogP contribution in [0.25, 0.3) is 5.69 Å². The van der Waals surface area contributed by atoms with Crippen LogP contribution >= 0.6 is 11.6 Å². The molecular formula is C21H19ClF3N5O2. The highest BCUT2D eigenvalue weighted by Crippen LogP contribution is 2.31. The number of ether oxygens (including phenoxy) is 1. The maximum atomic E-state index is 13.1. The quantitative estimate of drug-likeness (QED) is 0.584. The summed E-state index contributed by atoms with van der Waals surface area (Å²) in [5.41, 5.74) is -0.595. The Labute approximate surface area is 187 Å². The van der Waals surface area contributed by atoms with Gasteiger partial charge in [-0.15, -0.1) is 0 Å². The number of halogens is 4. The summed E-state index contributed by atoms with van der Waals surface area (Å²) in [6.45, 7) is 1.87. The van der Waals surface area contributed by atoms with Gasteiger partial charge >= 0.3 is 6.18 Å². The van der Waals surface area contributed by atoms with E-state index in [1.807, 2.05) is 4.90 Å². The topological polar surface area (TPSA) is 63.5 Å². The molecule has 1 saturated heterocycles. The molecule has 1 aromatic carbocycles. The maximum Gasteiger partial charge on any atom is 0.416 e. The van der Waals surface area contributed by atoms with E-state index in [1.165, 1.54) is 30.1 Å². The molecule has 11 heteroatoms. The second kappa shape index (κ2) is 8.70. The average molecular weight is 466 g/mol. The van der Waals surface area contributed by atoms with Crippen molar-refractivity contribution >= 4 is 23.3 Å². The molecule has 4 rings (SSSR count). The van der Waals surface area contributed by atoms with Gasteiger partial charge in [-0.3, -0.25) is 4.79 Å². The van der Waals surface area contributed by atoms with Crippen LogP contribution in [0.4, 0.5) is 19.0 Å². The largest absolute Gasteiger partial charge is 0.493 e. The molecular weight excluding hydrogens is 447 g/mol. The second-order valence-corrected chi connectivity index (χ2v) is 7.53. The highest BCUT2D eigenvalue weighted by Gasteiger charge is 2.31. The van der Waals surface area contributed by atoms with Crippen molar-refractivity contribution in [3.05, 3.63) is 65.1 Å². The third-order valence-electron chi connectivity index (χ3n) is 5.15. The fourth-order valence-corrected chi connectivity index (χ4v) is 3.73. The Morgan fingerprint density at radius 3 is 2.53 bits per heavy atom. The molecule has 1 aliphatic heterocycles. The average Bonchev–Trinajstić information content (AvgIpc) is 3.23. The van der Waals surface area contributed by atoms with Gasteiger partial charge in [0.25, 0.3) is 5.91 Å². The number of anilines is 1. The first kappa shape index (κ1) is 21.9. The first-order chi connectivity index (χ1) is 15.3. The van der Waals surface area contributed by atoms with E-state index in [2.05, 4.69) is 10.1 Å². The number of hydrogen-bond donors (Lipinski definition) is 0. The van der Waals surface area contributed by atoms with Crippen LogP contribution in [0.2, 0.25) is 5.02 Å². The van der Waals surface area contributed by atoms with Crippen molar-refractivity contribution in [2.24, 2.45) is 0 Å². The van der Waals surface area contributed by atoms with Gasteiger partial charge in [0.05, 0.1) is 29.6 Å². The first-order valence-electron chi connectivity index (χ1n) is 9.74. The van der Waals surface area contributed by atoms with Gasteiger partial charge in [0, 0.05) is 32.4 Å². The molecule has 7 nitrogen and oxygen atoms in total. The molecule has 1 aliphatic rings. The molecule has 0 atom stereocenters. The normalized spacial score (nSPS) is 14.5. The number of rotatable bonds is 4.